The Kier molecular flexibility index (Phi) is 7.60. The van der Waals surface area contributed by atoms with Gasteiger partial charge in [-0.25, -0.2) is 9.78 Å². The van der Waals surface area contributed by atoms with Crippen LogP contribution in [0, 0.1) is 0 Å². The van der Waals surface area contributed by atoms with Crippen LogP contribution in [-0.4, -0.2) is 33.9 Å². The fourth-order valence-corrected chi connectivity index (χ4v) is 3.84. The number of alkyl halides is 3. The van der Waals surface area contributed by atoms with Crippen LogP contribution in [0.5, 0.6) is 17.2 Å². The molecule has 3 rings (SSSR count). The van der Waals surface area contributed by atoms with E-state index in [2.05, 4.69) is 4.98 Å². The molecule has 0 aliphatic heterocycles. The third-order valence-corrected chi connectivity index (χ3v) is 5.62. The van der Waals surface area contributed by atoms with E-state index in [1.165, 1.54) is 49.4 Å². The van der Waals surface area contributed by atoms with E-state index in [1.54, 1.807) is 0 Å². The van der Waals surface area contributed by atoms with Crippen molar-refractivity contribution in [3.63, 3.8) is 0 Å². The number of benzene rings is 2. The zero-order valence-electron chi connectivity index (χ0n) is 17.5. The Morgan fingerprint density at radius 2 is 1.65 bits per heavy atom. The highest BCUT2D eigenvalue weighted by molar-refractivity contribution is 6.31. The van der Waals surface area contributed by atoms with Crippen molar-refractivity contribution >= 4 is 29.2 Å². The van der Waals surface area contributed by atoms with Crippen LogP contribution in [0.1, 0.15) is 24.0 Å². The summed E-state index contributed by atoms with van der Waals surface area (Å²) in [5.41, 5.74) is -3.70. The van der Waals surface area contributed by atoms with Crippen molar-refractivity contribution in [1.82, 2.24) is 4.98 Å². The zero-order valence-corrected chi connectivity index (χ0v) is 19.0. The number of aromatic nitrogens is 1. The SMILES string of the molecule is CC(c1ccc(Oc2ccc(OCC(=O)O)cc2)cc1Cl)C(O)(c1ccnc(Cl)c1)C(F)(F)F. The van der Waals surface area contributed by atoms with Crippen molar-refractivity contribution in [1.29, 1.82) is 0 Å². The molecule has 6 nitrogen and oxygen atoms in total. The fourth-order valence-electron chi connectivity index (χ4n) is 3.33. The number of ether oxygens (including phenoxy) is 2. The summed E-state index contributed by atoms with van der Waals surface area (Å²) < 4.78 is 52.9. The van der Waals surface area contributed by atoms with E-state index in [4.69, 9.17) is 37.8 Å². The first-order chi connectivity index (χ1) is 15.9. The normalized spacial score (nSPS) is 14.2. The number of hydrogen-bond donors (Lipinski definition) is 2. The molecule has 0 amide bonds. The lowest BCUT2D eigenvalue weighted by Gasteiger charge is -2.37. The van der Waals surface area contributed by atoms with Crippen molar-refractivity contribution in [3.8, 4) is 17.2 Å². The molecule has 2 N–H and O–H groups in total. The summed E-state index contributed by atoms with van der Waals surface area (Å²) in [5, 5.41) is 19.2. The van der Waals surface area contributed by atoms with Crippen LogP contribution in [0.4, 0.5) is 13.2 Å². The molecule has 0 aliphatic rings. The summed E-state index contributed by atoms with van der Waals surface area (Å²) in [6.45, 7) is 0.713. The first-order valence-corrected chi connectivity index (χ1v) is 10.5. The number of aliphatic carboxylic acids is 1. The molecule has 0 aliphatic carbocycles. The first kappa shape index (κ1) is 25.6. The van der Waals surface area contributed by atoms with Gasteiger partial charge in [0.15, 0.2) is 12.2 Å². The highest BCUT2D eigenvalue weighted by Crippen LogP contribution is 2.50. The Morgan fingerprint density at radius 1 is 1.03 bits per heavy atom. The van der Waals surface area contributed by atoms with E-state index in [9.17, 15) is 23.1 Å². The molecular formula is C23H18Cl2F3NO5. The fraction of sp³-hybridized carbons (Fsp3) is 0.217. The van der Waals surface area contributed by atoms with Gasteiger partial charge in [-0.05, 0) is 59.7 Å². The molecule has 34 heavy (non-hydrogen) atoms. The molecule has 1 heterocycles. The Balaban J connectivity index is 1.85. The molecule has 0 saturated heterocycles. The molecule has 3 aromatic rings. The Bertz CT molecular complexity index is 1170. The van der Waals surface area contributed by atoms with Gasteiger partial charge in [0.05, 0.1) is 0 Å². The monoisotopic (exact) mass is 515 g/mol. The van der Waals surface area contributed by atoms with Crippen LogP contribution >= 0.6 is 23.2 Å². The first-order valence-electron chi connectivity index (χ1n) is 9.75. The van der Waals surface area contributed by atoms with Gasteiger partial charge in [-0.1, -0.05) is 36.2 Å². The lowest BCUT2D eigenvalue weighted by atomic mass is 9.78. The van der Waals surface area contributed by atoms with Crippen LogP contribution in [-0.2, 0) is 10.4 Å². The maximum atomic E-state index is 14.1. The standard InChI is InChI=1S/C23H18Cl2F3NO5/c1-13(22(32,23(26,27)28)14-8-9-29-20(25)10-14)18-7-6-17(11-19(18)24)34-16-4-2-15(3-5-16)33-12-21(30)31/h2-11,13,32H,12H2,1H3,(H,30,31). The Labute approximate surface area is 202 Å². The van der Waals surface area contributed by atoms with Crippen LogP contribution in [0.3, 0.4) is 0 Å². The number of hydrogen-bond acceptors (Lipinski definition) is 5. The molecular weight excluding hydrogens is 498 g/mol. The van der Waals surface area contributed by atoms with Crippen LogP contribution in [0.15, 0.2) is 60.8 Å². The number of rotatable bonds is 8. The van der Waals surface area contributed by atoms with Gasteiger partial charge in [-0.3, -0.25) is 0 Å². The van der Waals surface area contributed by atoms with Crippen molar-refractivity contribution in [2.75, 3.05) is 6.61 Å². The lowest BCUT2D eigenvalue weighted by molar-refractivity contribution is -0.274. The largest absolute Gasteiger partial charge is 0.482 e. The second-order valence-corrected chi connectivity index (χ2v) is 8.09. The molecule has 11 heteroatoms. The van der Waals surface area contributed by atoms with E-state index < -0.39 is 35.8 Å². The minimum Gasteiger partial charge on any atom is -0.482 e. The highest BCUT2D eigenvalue weighted by atomic mass is 35.5. The summed E-state index contributed by atoms with van der Waals surface area (Å²) in [7, 11) is 0. The molecule has 0 saturated carbocycles. The maximum Gasteiger partial charge on any atom is 0.422 e. The van der Waals surface area contributed by atoms with E-state index in [-0.39, 0.29) is 21.5 Å². The summed E-state index contributed by atoms with van der Waals surface area (Å²) in [4.78, 5) is 14.2. The van der Waals surface area contributed by atoms with E-state index in [0.29, 0.717) is 11.5 Å². The number of nitrogens with zero attached hydrogens (tertiary/aromatic N) is 1. The summed E-state index contributed by atoms with van der Waals surface area (Å²) in [6.07, 6.45) is -3.96. The number of halogens is 5. The topological polar surface area (TPSA) is 88.9 Å². The predicted molar refractivity (Wildman–Crippen MR) is 119 cm³/mol. The summed E-state index contributed by atoms with van der Waals surface area (Å²) >= 11 is 12.0. The number of pyridine rings is 1. The van der Waals surface area contributed by atoms with Crippen molar-refractivity contribution in [2.24, 2.45) is 0 Å². The van der Waals surface area contributed by atoms with Gasteiger partial charge in [-0.2, -0.15) is 13.2 Å². The van der Waals surface area contributed by atoms with Crippen molar-refractivity contribution in [3.05, 3.63) is 82.1 Å². The number of carboxylic acids is 1. The van der Waals surface area contributed by atoms with Crippen LogP contribution in [0.25, 0.3) is 0 Å². The Morgan fingerprint density at radius 3 is 2.21 bits per heavy atom. The summed E-state index contributed by atoms with van der Waals surface area (Å²) in [5.74, 6) is -1.70. The lowest BCUT2D eigenvalue weighted by Crippen LogP contribution is -2.46. The second kappa shape index (κ2) is 10.1. The molecule has 2 aromatic carbocycles. The molecule has 0 radical (unpaired) electrons. The van der Waals surface area contributed by atoms with Crippen LogP contribution in [0.2, 0.25) is 10.2 Å². The predicted octanol–water partition coefficient (Wildman–Crippen LogP) is 6.20. The van der Waals surface area contributed by atoms with E-state index in [0.717, 1.165) is 18.3 Å². The van der Waals surface area contributed by atoms with Gasteiger partial charge in [-0.15, -0.1) is 0 Å². The molecule has 180 valence electrons. The number of aliphatic hydroxyl groups is 1. The highest BCUT2D eigenvalue weighted by Gasteiger charge is 2.59. The minimum atomic E-state index is -5.04. The van der Waals surface area contributed by atoms with Gasteiger partial charge in [0, 0.05) is 17.1 Å². The van der Waals surface area contributed by atoms with Gasteiger partial charge < -0.3 is 19.7 Å². The minimum absolute atomic E-state index is 0.0409. The quantitative estimate of drug-likeness (QED) is 0.347. The van der Waals surface area contributed by atoms with Gasteiger partial charge >= 0.3 is 12.1 Å². The van der Waals surface area contributed by atoms with Gasteiger partial charge in [0.2, 0.25) is 0 Å². The van der Waals surface area contributed by atoms with Crippen LogP contribution < -0.4 is 9.47 Å². The number of carboxylic acid groups (broad SMARTS) is 1. The molecule has 2 unspecified atom stereocenters. The molecule has 0 fully saturated rings. The average molecular weight is 516 g/mol. The van der Waals surface area contributed by atoms with Crippen molar-refractivity contribution in [2.45, 2.75) is 24.6 Å². The molecule has 0 bridgehead atoms. The zero-order chi connectivity index (χ0) is 25.1. The third kappa shape index (κ3) is 5.55. The van der Waals surface area contributed by atoms with E-state index in [1.807, 2.05) is 0 Å². The smallest absolute Gasteiger partial charge is 0.422 e. The third-order valence-electron chi connectivity index (χ3n) is 5.09. The summed E-state index contributed by atoms with van der Waals surface area (Å²) in [6, 6.07) is 12.1. The molecule has 0 spiro atoms. The van der Waals surface area contributed by atoms with Gasteiger partial charge in [0.25, 0.3) is 0 Å². The average Bonchev–Trinajstić information content (AvgIpc) is 2.77. The number of carbonyl (C=O) groups is 1. The Hall–Kier alpha value is -3.01. The van der Waals surface area contributed by atoms with Crippen molar-refractivity contribution < 1.29 is 37.7 Å². The molecule has 2 atom stereocenters. The van der Waals surface area contributed by atoms with Gasteiger partial charge in [0.1, 0.15) is 22.4 Å². The van der Waals surface area contributed by atoms with E-state index >= 15 is 0 Å². The maximum absolute atomic E-state index is 14.1. The molecule has 1 aromatic heterocycles. The second-order valence-electron chi connectivity index (χ2n) is 7.29.